The Hall–Kier alpha value is -0.400. The van der Waals surface area contributed by atoms with Crippen molar-refractivity contribution in [2.45, 2.75) is 88.1 Å². The van der Waals surface area contributed by atoms with Gasteiger partial charge in [-0.05, 0) is 13.3 Å². The lowest BCUT2D eigenvalue weighted by molar-refractivity contribution is -0.355. The summed E-state index contributed by atoms with van der Waals surface area (Å²) < 4.78 is 21.8. The summed E-state index contributed by atoms with van der Waals surface area (Å²) in [6.07, 6.45) is -11.2. The highest BCUT2D eigenvalue weighted by Crippen LogP contribution is 2.29. The van der Waals surface area contributed by atoms with E-state index in [1.807, 2.05) is 6.92 Å². The molecule has 2 heterocycles. The SMILES string of the molecule is CCCCO[C@@H]1O[C@H](C)[C@@H](O[C@H]2O[C@H](CO)[C@@H](O)[C@H](O)[C@H]2O)[C@H](O)[C@H]1O. The smallest absolute Gasteiger partial charge is 0.187 e. The van der Waals surface area contributed by atoms with Gasteiger partial charge in [0.2, 0.25) is 0 Å². The maximum absolute atomic E-state index is 10.4. The van der Waals surface area contributed by atoms with Crippen molar-refractivity contribution in [1.29, 1.82) is 0 Å². The van der Waals surface area contributed by atoms with Gasteiger partial charge in [-0.3, -0.25) is 0 Å². The Kier molecular flexibility index (Phi) is 8.16. The van der Waals surface area contributed by atoms with Crippen LogP contribution >= 0.6 is 0 Å². The Bertz CT molecular complexity index is 422. The highest BCUT2D eigenvalue weighted by Gasteiger charge is 2.49. The number of hydrogen-bond donors (Lipinski definition) is 6. The lowest BCUT2D eigenvalue weighted by atomic mass is 9.97. The Morgan fingerprint density at radius 1 is 0.846 bits per heavy atom. The first-order valence-electron chi connectivity index (χ1n) is 8.91. The molecule has 2 fully saturated rings. The molecule has 0 aliphatic carbocycles. The minimum absolute atomic E-state index is 0.371. The standard InChI is InChI=1S/C16H30O10/c1-3-4-5-23-15-13(22)11(20)14(7(2)24-15)26-16-12(21)10(19)9(18)8(6-17)25-16/h7-22H,3-6H2,1-2H3/t7-,8-,9-,10+,11-,12-,13-,14-,15-,16-/m1/s1. The summed E-state index contributed by atoms with van der Waals surface area (Å²) in [7, 11) is 0. The van der Waals surface area contributed by atoms with Gasteiger partial charge in [0.15, 0.2) is 12.6 Å². The fourth-order valence-electron chi connectivity index (χ4n) is 3.01. The molecule has 0 bridgehead atoms. The number of ether oxygens (including phenoxy) is 4. The largest absolute Gasteiger partial charge is 0.394 e. The van der Waals surface area contributed by atoms with Gasteiger partial charge in [-0.1, -0.05) is 13.3 Å². The first kappa shape index (κ1) is 21.9. The molecule has 0 spiro atoms. The molecule has 0 aromatic heterocycles. The third-order valence-corrected chi connectivity index (χ3v) is 4.70. The lowest BCUT2D eigenvalue weighted by Crippen LogP contribution is -2.63. The van der Waals surface area contributed by atoms with Crippen molar-refractivity contribution in [3.8, 4) is 0 Å². The third kappa shape index (κ3) is 4.71. The van der Waals surface area contributed by atoms with E-state index in [-0.39, 0.29) is 0 Å². The minimum Gasteiger partial charge on any atom is -0.394 e. The van der Waals surface area contributed by atoms with Crippen LogP contribution < -0.4 is 0 Å². The molecule has 26 heavy (non-hydrogen) atoms. The molecule has 0 unspecified atom stereocenters. The molecule has 2 aliphatic heterocycles. The Morgan fingerprint density at radius 3 is 2.12 bits per heavy atom. The third-order valence-electron chi connectivity index (χ3n) is 4.70. The Balaban J connectivity index is 2.00. The van der Waals surface area contributed by atoms with E-state index in [4.69, 9.17) is 18.9 Å². The number of aliphatic hydroxyl groups is 6. The van der Waals surface area contributed by atoms with Gasteiger partial charge >= 0.3 is 0 Å². The molecule has 2 saturated heterocycles. The van der Waals surface area contributed by atoms with E-state index >= 15 is 0 Å². The topological polar surface area (TPSA) is 158 Å². The van der Waals surface area contributed by atoms with Crippen LogP contribution in [0.15, 0.2) is 0 Å². The summed E-state index contributed by atoms with van der Waals surface area (Å²) in [5, 5.41) is 59.4. The lowest BCUT2D eigenvalue weighted by Gasteiger charge is -2.45. The zero-order chi connectivity index (χ0) is 19.4. The predicted octanol–water partition coefficient (Wildman–Crippen LogP) is -2.55. The summed E-state index contributed by atoms with van der Waals surface area (Å²) in [4.78, 5) is 0. The summed E-state index contributed by atoms with van der Waals surface area (Å²) >= 11 is 0. The summed E-state index contributed by atoms with van der Waals surface area (Å²) in [6.45, 7) is 3.36. The second-order valence-corrected chi connectivity index (χ2v) is 6.71. The van der Waals surface area contributed by atoms with Crippen molar-refractivity contribution in [3.63, 3.8) is 0 Å². The average Bonchev–Trinajstić information content (AvgIpc) is 2.62. The summed E-state index contributed by atoms with van der Waals surface area (Å²) in [5.74, 6) is 0. The second-order valence-electron chi connectivity index (χ2n) is 6.71. The van der Waals surface area contributed by atoms with Crippen molar-refractivity contribution in [2.24, 2.45) is 0 Å². The first-order valence-corrected chi connectivity index (χ1v) is 8.91. The molecule has 0 aromatic carbocycles. The van der Waals surface area contributed by atoms with E-state index in [2.05, 4.69) is 0 Å². The van der Waals surface area contributed by atoms with E-state index < -0.39 is 68.0 Å². The van der Waals surface area contributed by atoms with E-state index in [1.165, 1.54) is 0 Å². The number of hydrogen-bond acceptors (Lipinski definition) is 10. The molecule has 0 radical (unpaired) electrons. The molecular weight excluding hydrogens is 352 g/mol. The molecular formula is C16H30O10. The van der Waals surface area contributed by atoms with E-state index in [9.17, 15) is 30.6 Å². The van der Waals surface area contributed by atoms with Crippen LogP contribution in [0.25, 0.3) is 0 Å². The number of unbranched alkanes of at least 4 members (excludes halogenated alkanes) is 1. The molecule has 0 amide bonds. The van der Waals surface area contributed by atoms with Crippen molar-refractivity contribution in [1.82, 2.24) is 0 Å². The fraction of sp³-hybridized carbons (Fsp3) is 1.00. The molecule has 2 aliphatic rings. The van der Waals surface area contributed by atoms with Crippen LogP contribution in [-0.4, -0.2) is 105 Å². The molecule has 154 valence electrons. The monoisotopic (exact) mass is 382 g/mol. The Morgan fingerprint density at radius 2 is 1.50 bits per heavy atom. The van der Waals surface area contributed by atoms with Crippen molar-refractivity contribution >= 4 is 0 Å². The number of aliphatic hydroxyl groups excluding tert-OH is 6. The van der Waals surface area contributed by atoms with Crippen LogP contribution in [0.3, 0.4) is 0 Å². The predicted molar refractivity (Wildman–Crippen MR) is 85.8 cm³/mol. The van der Waals surface area contributed by atoms with Gasteiger partial charge in [0, 0.05) is 6.61 Å². The van der Waals surface area contributed by atoms with Crippen molar-refractivity contribution < 1.29 is 49.6 Å². The van der Waals surface area contributed by atoms with Crippen LogP contribution in [0.1, 0.15) is 26.7 Å². The van der Waals surface area contributed by atoms with Crippen LogP contribution in [0.2, 0.25) is 0 Å². The molecule has 6 N–H and O–H groups in total. The van der Waals surface area contributed by atoms with Gasteiger partial charge in [-0.25, -0.2) is 0 Å². The van der Waals surface area contributed by atoms with Crippen LogP contribution in [-0.2, 0) is 18.9 Å². The van der Waals surface area contributed by atoms with E-state index in [1.54, 1.807) is 6.92 Å². The van der Waals surface area contributed by atoms with Gasteiger partial charge in [0.05, 0.1) is 12.7 Å². The summed E-state index contributed by atoms with van der Waals surface area (Å²) in [6, 6.07) is 0. The van der Waals surface area contributed by atoms with Gasteiger partial charge in [0.1, 0.15) is 42.7 Å². The fourth-order valence-corrected chi connectivity index (χ4v) is 3.01. The maximum Gasteiger partial charge on any atom is 0.187 e. The van der Waals surface area contributed by atoms with Gasteiger partial charge in [0.25, 0.3) is 0 Å². The molecule has 10 nitrogen and oxygen atoms in total. The van der Waals surface area contributed by atoms with Gasteiger partial charge in [-0.15, -0.1) is 0 Å². The van der Waals surface area contributed by atoms with Crippen molar-refractivity contribution in [3.05, 3.63) is 0 Å². The molecule has 0 saturated carbocycles. The van der Waals surface area contributed by atoms with Gasteiger partial charge in [-0.2, -0.15) is 0 Å². The van der Waals surface area contributed by atoms with Crippen LogP contribution in [0.5, 0.6) is 0 Å². The molecule has 2 rings (SSSR count). The molecule has 10 heteroatoms. The second kappa shape index (κ2) is 9.69. The van der Waals surface area contributed by atoms with Crippen LogP contribution in [0, 0.1) is 0 Å². The summed E-state index contributed by atoms with van der Waals surface area (Å²) in [5.41, 5.74) is 0. The average molecular weight is 382 g/mol. The highest BCUT2D eigenvalue weighted by molar-refractivity contribution is 4.93. The highest BCUT2D eigenvalue weighted by atomic mass is 16.7. The van der Waals surface area contributed by atoms with Crippen LogP contribution in [0.4, 0.5) is 0 Å². The maximum atomic E-state index is 10.4. The molecule has 0 aromatic rings. The minimum atomic E-state index is -1.61. The molecule has 10 atom stereocenters. The zero-order valence-electron chi connectivity index (χ0n) is 14.9. The van der Waals surface area contributed by atoms with E-state index in [0.29, 0.717) is 6.61 Å². The van der Waals surface area contributed by atoms with Gasteiger partial charge < -0.3 is 49.6 Å². The van der Waals surface area contributed by atoms with E-state index in [0.717, 1.165) is 12.8 Å². The first-order chi connectivity index (χ1) is 12.3. The quantitative estimate of drug-likeness (QED) is 0.259. The number of rotatable bonds is 7. The normalized spacial score (nSPS) is 47.1. The van der Waals surface area contributed by atoms with Crippen molar-refractivity contribution in [2.75, 3.05) is 13.2 Å². The zero-order valence-corrected chi connectivity index (χ0v) is 14.9. The Labute approximate surface area is 151 Å².